The number of nitrogens with two attached hydrogens (primary N) is 1. The molecule has 0 saturated carbocycles. The van der Waals surface area contributed by atoms with E-state index < -0.39 is 18.1 Å². The maximum Gasteiger partial charge on any atom is 0.395 e. The van der Waals surface area contributed by atoms with Crippen molar-refractivity contribution in [2.45, 2.75) is 18.6 Å². The highest BCUT2D eigenvalue weighted by Crippen LogP contribution is 2.33. The van der Waals surface area contributed by atoms with E-state index in [1.54, 1.807) is 0 Å². The minimum atomic E-state index is -4.36. The third-order valence-corrected chi connectivity index (χ3v) is 5.05. The van der Waals surface area contributed by atoms with E-state index in [4.69, 9.17) is 5.73 Å². The second-order valence-electron chi connectivity index (χ2n) is 5.54. The molecule has 126 valence electrons. The number of nitrogens with zero attached hydrogens (tertiary/aromatic N) is 1. The Morgan fingerprint density at radius 2 is 2.00 bits per heavy atom. The summed E-state index contributed by atoms with van der Waals surface area (Å²) < 4.78 is 39.5. The molecule has 1 saturated heterocycles. The van der Waals surface area contributed by atoms with E-state index in [-0.39, 0.29) is 37.8 Å². The largest absolute Gasteiger partial charge is 0.395 e. The number of halogens is 4. The van der Waals surface area contributed by atoms with Crippen LogP contribution in [0.4, 0.5) is 13.2 Å². The van der Waals surface area contributed by atoms with E-state index in [0.717, 1.165) is 15.6 Å². The fourth-order valence-corrected chi connectivity index (χ4v) is 3.79. The van der Waals surface area contributed by atoms with Gasteiger partial charge in [0.2, 0.25) is 5.91 Å². The summed E-state index contributed by atoms with van der Waals surface area (Å²) in [6.07, 6.45) is -4.25. The van der Waals surface area contributed by atoms with Crippen LogP contribution < -0.4 is 5.73 Å². The summed E-state index contributed by atoms with van der Waals surface area (Å²) in [4.78, 5) is 13.5. The lowest BCUT2D eigenvalue weighted by molar-refractivity contribution is -0.173. The summed E-state index contributed by atoms with van der Waals surface area (Å²) >= 11 is 1.53. The van der Waals surface area contributed by atoms with Gasteiger partial charge in [0.1, 0.15) is 0 Å². The molecule has 1 aliphatic heterocycles. The molecule has 3 rings (SSSR count). The SMILES string of the molecule is Cl.N[C@@H]1CN(C(=O)Cc2csc3ccccc23)C[C@H]1C(F)(F)F. The van der Waals surface area contributed by atoms with Gasteiger partial charge in [0.25, 0.3) is 0 Å². The molecule has 2 aromatic rings. The summed E-state index contributed by atoms with van der Waals surface area (Å²) in [6, 6.07) is 6.64. The van der Waals surface area contributed by atoms with Crippen molar-refractivity contribution in [3.05, 3.63) is 35.2 Å². The van der Waals surface area contributed by atoms with Crippen LogP contribution in [0.5, 0.6) is 0 Å². The molecular weight excluding hydrogens is 349 g/mol. The molecule has 2 heterocycles. The Bertz CT molecular complexity index is 703. The summed E-state index contributed by atoms with van der Waals surface area (Å²) in [5.41, 5.74) is 6.40. The van der Waals surface area contributed by atoms with Crippen LogP contribution in [0.15, 0.2) is 29.6 Å². The molecule has 0 spiro atoms. The number of hydrogen-bond acceptors (Lipinski definition) is 3. The Balaban J connectivity index is 0.00000192. The quantitative estimate of drug-likeness (QED) is 0.889. The van der Waals surface area contributed by atoms with E-state index in [2.05, 4.69) is 0 Å². The molecule has 0 radical (unpaired) electrons. The summed E-state index contributed by atoms with van der Waals surface area (Å²) in [6.45, 7) is -0.378. The van der Waals surface area contributed by atoms with E-state index >= 15 is 0 Å². The van der Waals surface area contributed by atoms with Gasteiger partial charge in [-0.05, 0) is 22.4 Å². The molecular formula is C15H16ClF3N2OS. The van der Waals surface area contributed by atoms with Gasteiger partial charge in [0.15, 0.2) is 0 Å². The van der Waals surface area contributed by atoms with Crippen LogP contribution in [0.1, 0.15) is 5.56 Å². The zero-order valence-corrected chi connectivity index (χ0v) is 13.7. The van der Waals surface area contributed by atoms with Gasteiger partial charge < -0.3 is 10.6 Å². The zero-order chi connectivity index (χ0) is 15.9. The first-order chi connectivity index (χ1) is 10.4. The van der Waals surface area contributed by atoms with Crippen LogP contribution in [-0.4, -0.2) is 36.1 Å². The molecule has 2 N–H and O–H groups in total. The Labute approximate surface area is 141 Å². The van der Waals surface area contributed by atoms with Gasteiger partial charge in [-0.2, -0.15) is 13.2 Å². The summed E-state index contributed by atoms with van der Waals surface area (Å²) in [5, 5.41) is 2.87. The number of hydrogen-bond donors (Lipinski definition) is 1. The molecule has 23 heavy (non-hydrogen) atoms. The van der Waals surface area contributed by atoms with Gasteiger partial charge in [-0.3, -0.25) is 4.79 Å². The lowest BCUT2D eigenvalue weighted by Crippen LogP contribution is -2.38. The van der Waals surface area contributed by atoms with Crippen LogP contribution >= 0.6 is 23.7 Å². The van der Waals surface area contributed by atoms with Gasteiger partial charge in [-0.25, -0.2) is 0 Å². The molecule has 0 unspecified atom stereocenters. The van der Waals surface area contributed by atoms with Crippen LogP contribution in [0, 0.1) is 5.92 Å². The second kappa shape index (κ2) is 6.67. The van der Waals surface area contributed by atoms with E-state index in [0.29, 0.717) is 0 Å². The third kappa shape index (κ3) is 3.62. The molecule has 1 amide bonds. The summed E-state index contributed by atoms with van der Waals surface area (Å²) in [5.74, 6) is -1.93. The molecule has 0 bridgehead atoms. The first kappa shape index (κ1) is 18.0. The van der Waals surface area contributed by atoms with Crippen molar-refractivity contribution in [1.82, 2.24) is 4.90 Å². The number of amides is 1. The molecule has 1 aromatic carbocycles. The second-order valence-corrected chi connectivity index (χ2v) is 6.46. The Hall–Kier alpha value is -1.31. The number of fused-ring (bicyclic) bond motifs is 1. The number of benzene rings is 1. The highest BCUT2D eigenvalue weighted by Gasteiger charge is 2.49. The summed E-state index contributed by atoms with van der Waals surface area (Å²) in [7, 11) is 0. The first-order valence-corrected chi connectivity index (χ1v) is 7.79. The standard InChI is InChI=1S/C15H15F3N2OS.ClH/c16-15(17,18)11-6-20(7-12(11)19)14(21)5-9-8-22-13-4-2-1-3-10(9)13;/h1-4,8,11-12H,5-7,19H2;1H/t11-,12-;/m1./s1. The van der Waals surface area contributed by atoms with Gasteiger partial charge in [-0.15, -0.1) is 23.7 Å². The van der Waals surface area contributed by atoms with Crippen molar-refractivity contribution >= 4 is 39.7 Å². The molecule has 3 nitrogen and oxygen atoms in total. The van der Waals surface area contributed by atoms with Crippen molar-refractivity contribution < 1.29 is 18.0 Å². The molecule has 1 aromatic heterocycles. The van der Waals surface area contributed by atoms with Crippen LogP contribution in [0.25, 0.3) is 10.1 Å². The van der Waals surface area contributed by atoms with Crippen molar-refractivity contribution in [2.24, 2.45) is 11.7 Å². The van der Waals surface area contributed by atoms with Crippen molar-refractivity contribution in [1.29, 1.82) is 0 Å². The van der Waals surface area contributed by atoms with E-state index in [9.17, 15) is 18.0 Å². The van der Waals surface area contributed by atoms with Gasteiger partial charge in [0, 0.05) is 23.8 Å². The minimum absolute atomic E-state index is 0. The van der Waals surface area contributed by atoms with Gasteiger partial charge in [0.05, 0.1) is 12.3 Å². The van der Waals surface area contributed by atoms with Crippen molar-refractivity contribution in [3.8, 4) is 0 Å². The number of thiophene rings is 1. The highest BCUT2D eigenvalue weighted by molar-refractivity contribution is 7.17. The lowest BCUT2D eigenvalue weighted by Gasteiger charge is -2.18. The Morgan fingerprint density at radius 3 is 2.65 bits per heavy atom. The van der Waals surface area contributed by atoms with Gasteiger partial charge >= 0.3 is 6.18 Å². The Kier molecular flexibility index (Phi) is 5.23. The lowest BCUT2D eigenvalue weighted by atomic mass is 10.0. The average Bonchev–Trinajstić information content (AvgIpc) is 3.03. The molecule has 0 aliphatic carbocycles. The first-order valence-electron chi connectivity index (χ1n) is 6.91. The topological polar surface area (TPSA) is 46.3 Å². The normalized spacial score (nSPS) is 21.5. The van der Waals surface area contributed by atoms with E-state index in [1.807, 2.05) is 29.6 Å². The average molecular weight is 365 g/mol. The maximum absolute atomic E-state index is 12.8. The number of alkyl halides is 3. The van der Waals surface area contributed by atoms with Crippen LogP contribution in [0.3, 0.4) is 0 Å². The van der Waals surface area contributed by atoms with Crippen molar-refractivity contribution in [2.75, 3.05) is 13.1 Å². The fourth-order valence-electron chi connectivity index (χ4n) is 2.82. The fraction of sp³-hybridized carbons (Fsp3) is 0.400. The smallest absolute Gasteiger partial charge is 0.340 e. The number of likely N-dealkylation sites (tertiary alicyclic amines) is 1. The van der Waals surface area contributed by atoms with Crippen LogP contribution in [-0.2, 0) is 11.2 Å². The number of carbonyl (C=O) groups excluding carboxylic acids is 1. The third-order valence-electron chi connectivity index (χ3n) is 4.04. The van der Waals surface area contributed by atoms with Gasteiger partial charge in [-0.1, -0.05) is 18.2 Å². The molecule has 1 aliphatic rings. The Morgan fingerprint density at radius 1 is 1.30 bits per heavy atom. The van der Waals surface area contributed by atoms with E-state index in [1.165, 1.54) is 16.2 Å². The molecule has 2 atom stereocenters. The zero-order valence-electron chi connectivity index (χ0n) is 12.0. The number of rotatable bonds is 2. The highest BCUT2D eigenvalue weighted by atomic mass is 35.5. The number of carbonyl (C=O) groups is 1. The van der Waals surface area contributed by atoms with Crippen molar-refractivity contribution in [3.63, 3.8) is 0 Å². The maximum atomic E-state index is 12.8. The molecule has 1 fully saturated rings. The predicted molar refractivity (Wildman–Crippen MR) is 86.9 cm³/mol. The monoisotopic (exact) mass is 364 g/mol. The molecule has 8 heteroatoms. The predicted octanol–water partition coefficient (Wildman–Crippen LogP) is 3.21. The minimum Gasteiger partial charge on any atom is -0.340 e. The van der Waals surface area contributed by atoms with Crippen LogP contribution in [0.2, 0.25) is 0 Å².